The summed E-state index contributed by atoms with van der Waals surface area (Å²) in [5.74, 6) is -0.0435. The number of hydrogen-bond acceptors (Lipinski definition) is 2. The van der Waals surface area contributed by atoms with Gasteiger partial charge in [0.15, 0.2) is 0 Å². The van der Waals surface area contributed by atoms with Crippen LogP contribution >= 0.6 is 11.6 Å². The number of aromatic nitrogens is 1. The first-order valence-corrected chi connectivity index (χ1v) is 6.43. The van der Waals surface area contributed by atoms with E-state index in [1.807, 2.05) is 4.57 Å². The van der Waals surface area contributed by atoms with Crippen molar-refractivity contribution in [2.45, 2.75) is 20.4 Å². The van der Waals surface area contributed by atoms with Crippen molar-refractivity contribution in [1.29, 1.82) is 0 Å². The number of para-hydroxylation sites is 1. The van der Waals surface area contributed by atoms with Crippen LogP contribution in [0, 0.1) is 5.92 Å². The fourth-order valence-electron chi connectivity index (χ4n) is 2.25. The number of carbonyl (C=O) groups is 1. The van der Waals surface area contributed by atoms with Crippen LogP contribution in [0.25, 0.3) is 10.9 Å². The number of carboxylic acid groups (broad SMARTS) is 1. The average Bonchev–Trinajstić information content (AvgIpc) is 2.61. The molecule has 1 N–H and O–H groups in total. The second kappa shape index (κ2) is 5.13. The van der Waals surface area contributed by atoms with Gasteiger partial charge in [-0.15, -0.1) is 0 Å². The zero-order valence-electron chi connectivity index (χ0n) is 11.1. The summed E-state index contributed by atoms with van der Waals surface area (Å²) >= 11 is 6.25. The first-order valence-electron chi connectivity index (χ1n) is 6.05. The Bertz CT molecular complexity index is 631. The molecule has 0 saturated heterocycles. The Morgan fingerprint density at radius 2 is 2.16 bits per heavy atom. The fourth-order valence-corrected chi connectivity index (χ4v) is 2.59. The molecule has 2 aromatic rings. The van der Waals surface area contributed by atoms with Crippen molar-refractivity contribution in [2.75, 3.05) is 7.11 Å². The third-order valence-corrected chi connectivity index (χ3v) is 3.36. The maximum atomic E-state index is 11.4. The lowest BCUT2D eigenvalue weighted by molar-refractivity contribution is 0.0699. The van der Waals surface area contributed by atoms with Gasteiger partial charge >= 0.3 is 5.97 Å². The van der Waals surface area contributed by atoms with Gasteiger partial charge in [-0.1, -0.05) is 37.6 Å². The number of methoxy groups -OCH3 is 1. The van der Waals surface area contributed by atoms with E-state index in [0.717, 1.165) is 5.52 Å². The lowest BCUT2D eigenvalue weighted by Gasteiger charge is -2.12. The highest BCUT2D eigenvalue weighted by molar-refractivity contribution is 6.35. The minimum absolute atomic E-state index is 0.135. The van der Waals surface area contributed by atoms with Crippen molar-refractivity contribution in [2.24, 2.45) is 5.92 Å². The van der Waals surface area contributed by atoms with E-state index in [4.69, 9.17) is 16.3 Å². The van der Waals surface area contributed by atoms with E-state index < -0.39 is 5.97 Å². The molecule has 0 fully saturated rings. The third-order valence-electron chi connectivity index (χ3n) is 2.96. The van der Waals surface area contributed by atoms with Crippen molar-refractivity contribution < 1.29 is 14.6 Å². The van der Waals surface area contributed by atoms with Crippen molar-refractivity contribution >= 4 is 28.5 Å². The summed E-state index contributed by atoms with van der Waals surface area (Å²) in [5, 5.41) is 10.2. The van der Waals surface area contributed by atoms with Crippen LogP contribution in [-0.4, -0.2) is 22.8 Å². The van der Waals surface area contributed by atoms with Gasteiger partial charge in [0.05, 0.1) is 12.6 Å². The number of rotatable bonds is 4. The summed E-state index contributed by atoms with van der Waals surface area (Å²) in [6, 6.07) is 5.33. The summed E-state index contributed by atoms with van der Waals surface area (Å²) in [6.45, 7) is 4.75. The smallest absolute Gasteiger partial charge is 0.339 e. The molecule has 102 valence electrons. The van der Waals surface area contributed by atoms with E-state index in [9.17, 15) is 9.90 Å². The summed E-state index contributed by atoms with van der Waals surface area (Å²) in [5.41, 5.74) is 0.873. The molecule has 19 heavy (non-hydrogen) atoms. The first-order chi connectivity index (χ1) is 8.97. The van der Waals surface area contributed by atoms with Gasteiger partial charge in [-0.25, -0.2) is 4.79 Å². The zero-order chi connectivity index (χ0) is 14.2. The zero-order valence-corrected chi connectivity index (χ0v) is 11.9. The molecule has 2 rings (SSSR count). The maximum absolute atomic E-state index is 11.4. The second-order valence-electron chi connectivity index (χ2n) is 4.83. The predicted molar refractivity (Wildman–Crippen MR) is 75.3 cm³/mol. The van der Waals surface area contributed by atoms with Crippen LogP contribution < -0.4 is 4.74 Å². The van der Waals surface area contributed by atoms with E-state index in [0.29, 0.717) is 23.6 Å². The third kappa shape index (κ3) is 2.28. The van der Waals surface area contributed by atoms with Gasteiger partial charge in [-0.05, 0) is 12.0 Å². The Morgan fingerprint density at radius 1 is 1.47 bits per heavy atom. The molecule has 0 atom stereocenters. The van der Waals surface area contributed by atoms with E-state index in [1.165, 1.54) is 0 Å². The van der Waals surface area contributed by atoms with Crippen LogP contribution in [0.1, 0.15) is 24.2 Å². The van der Waals surface area contributed by atoms with Crippen LogP contribution in [0.5, 0.6) is 5.75 Å². The molecule has 0 aliphatic rings. The molecule has 0 amide bonds. The first kappa shape index (κ1) is 13.7. The molecule has 1 aromatic heterocycles. The Hall–Kier alpha value is -1.68. The lowest BCUT2D eigenvalue weighted by Crippen LogP contribution is -2.05. The fraction of sp³-hybridized carbons (Fsp3) is 0.357. The minimum Gasteiger partial charge on any atom is -0.495 e. The molecule has 0 spiro atoms. The molecular formula is C14H16ClNO3. The molecule has 0 aliphatic carbocycles. The molecule has 0 unspecified atom stereocenters. The number of carboxylic acids is 1. The molecule has 0 bridgehead atoms. The molecule has 0 saturated carbocycles. The van der Waals surface area contributed by atoms with Gasteiger partial charge in [0.25, 0.3) is 0 Å². The summed E-state index contributed by atoms with van der Waals surface area (Å²) in [4.78, 5) is 11.4. The highest BCUT2D eigenvalue weighted by Crippen LogP contribution is 2.36. The van der Waals surface area contributed by atoms with E-state index >= 15 is 0 Å². The molecule has 1 aromatic carbocycles. The number of fused-ring (bicyclic) bond motifs is 1. The van der Waals surface area contributed by atoms with Crippen molar-refractivity contribution in [3.8, 4) is 5.75 Å². The number of halogens is 1. The maximum Gasteiger partial charge on any atom is 0.339 e. The van der Waals surface area contributed by atoms with Crippen molar-refractivity contribution in [1.82, 2.24) is 4.57 Å². The lowest BCUT2D eigenvalue weighted by atomic mass is 10.1. The monoisotopic (exact) mass is 281 g/mol. The van der Waals surface area contributed by atoms with Crippen LogP contribution in [0.3, 0.4) is 0 Å². The van der Waals surface area contributed by atoms with Gasteiger partial charge in [-0.3, -0.25) is 0 Å². The number of nitrogens with zero attached hydrogens (tertiary/aromatic N) is 1. The van der Waals surface area contributed by atoms with Crippen LogP contribution in [0.2, 0.25) is 5.15 Å². The van der Waals surface area contributed by atoms with Gasteiger partial charge in [0.2, 0.25) is 0 Å². The number of ether oxygens (including phenoxy) is 1. The standard InChI is InChI=1S/C14H16ClNO3/c1-8(2)7-16-12-9(5-4-6-10(12)19-3)11(13(16)15)14(17)18/h4-6,8H,7H2,1-3H3,(H,17,18). The van der Waals surface area contributed by atoms with Crippen LogP contribution in [-0.2, 0) is 6.54 Å². The second-order valence-corrected chi connectivity index (χ2v) is 5.19. The summed E-state index contributed by atoms with van der Waals surface area (Å²) in [7, 11) is 1.57. The van der Waals surface area contributed by atoms with Gasteiger partial charge in [-0.2, -0.15) is 0 Å². The van der Waals surface area contributed by atoms with Gasteiger partial charge in [0.1, 0.15) is 16.5 Å². The van der Waals surface area contributed by atoms with Gasteiger partial charge in [0, 0.05) is 11.9 Å². The topological polar surface area (TPSA) is 51.5 Å². The predicted octanol–water partition coefficient (Wildman–Crippen LogP) is 3.66. The van der Waals surface area contributed by atoms with Crippen molar-refractivity contribution in [3.05, 3.63) is 28.9 Å². The SMILES string of the molecule is COc1cccc2c(C(=O)O)c(Cl)n(CC(C)C)c12. The average molecular weight is 282 g/mol. The summed E-state index contributed by atoms with van der Waals surface area (Å²) < 4.78 is 7.13. The van der Waals surface area contributed by atoms with Crippen LogP contribution in [0.4, 0.5) is 0 Å². The summed E-state index contributed by atoms with van der Waals surface area (Å²) in [6.07, 6.45) is 0. The number of benzene rings is 1. The molecular weight excluding hydrogens is 266 g/mol. The Labute approximate surface area is 116 Å². The van der Waals surface area contributed by atoms with Crippen molar-refractivity contribution in [3.63, 3.8) is 0 Å². The number of aromatic carboxylic acids is 1. The normalized spacial score (nSPS) is 11.2. The van der Waals surface area contributed by atoms with E-state index in [-0.39, 0.29) is 10.7 Å². The number of hydrogen-bond donors (Lipinski definition) is 1. The highest BCUT2D eigenvalue weighted by atomic mass is 35.5. The molecule has 1 heterocycles. The largest absolute Gasteiger partial charge is 0.495 e. The Morgan fingerprint density at radius 3 is 2.68 bits per heavy atom. The van der Waals surface area contributed by atoms with E-state index in [2.05, 4.69) is 13.8 Å². The highest BCUT2D eigenvalue weighted by Gasteiger charge is 2.23. The quantitative estimate of drug-likeness (QED) is 0.930. The van der Waals surface area contributed by atoms with Gasteiger partial charge < -0.3 is 14.4 Å². The van der Waals surface area contributed by atoms with Crippen LogP contribution in [0.15, 0.2) is 18.2 Å². The molecule has 0 aliphatic heterocycles. The molecule has 4 nitrogen and oxygen atoms in total. The minimum atomic E-state index is -1.02. The molecule has 0 radical (unpaired) electrons. The molecule has 5 heteroatoms. The Balaban J connectivity index is 2.84. The van der Waals surface area contributed by atoms with E-state index in [1.54, 1.807) is 25.3 Å². The Kier molecular flexibility index (Phi) is 3.71.